The van der Waals surface area contributed by atoms with Gasteiger partial charge in [0.05, 0.1) is 12.7 Å². The molecule has 0 saturated carbocycles. The Labute approximate surface area is 139 Å². The number of carbonyl (C=O) groups is 2. The molecule has 0 bridgehead atoms. The fraction of sp³-hybridized carbons (Fsp3) is 0.176. The molecule has 0 unspecified atom stereocenters. The Morgan fingerprint density at radius 1 is 1.04 bits per heavy atom. The van der Waals surface area contributed by atoms with E-state index in [2.05, 4.69) is 10.1 Å². The Bertz CT molecular complexity index is 683. The third kappa shape index (κ3) is 4.72. The lowest BCUT2D eigenvalue weighted by Crippen LogP contribution is -2.30. The second-order valence-electron chi connectivity index (χ2n) is 4.77. The van der Waals surface area contributed by atoms with Gasteiger partial charge in [0.1, 0.15) is 5.75 Å². The molecule has 0 radical (unpaired) electrons. The van der Waals surface area contributed by atoms with Crippen LogP contribution in [0.4, 0.5) is 5.69 Å². The number of hydrogen-bond donors (Lipinski definition) is 1. The summed E-state index contributed by atoms with van der Waals surface area (Å²) in [7, 11) is 1.32. The summed E-state index contributed by atoms with van der Waals surface area (Å²) in [4.78, 5) is 23.4. The van der Waals surface area contributed by atoms with Crippen LogP contribution in [0.3, 0.4) is 0 Å². The van der Waals surface area contributed by atoms with Crippen molar-refractivity contribution < 1.29 is 19.1 Å². The van der Waals surface area contributed by atoms with Gasteiger partial charge in [0.2, 0.25) is 0 Å². The lowest BCUT2D eigenvalue weighted by atomic mass is 10.2. The average molecular weight is 334 g/mol. The molecule has 2 aromatic rings. The van der Waals surface area contributed by atoms with E-state index in [0.717, 1.165) is 0 Å². The zero-order valence-corrected chi connectivity index (χ0v) is 13.5. The smallest absolute Gasteiger partial charge is 0.337 e. The van der Waals surface area contributed by atoms with E-state index in [-0.39, 0.29) is 5.91 Å². The molecule has 23 heavy (non-hydrogen) atoms. The van der Waals surface area contributed by atoms with Gasteiger partial charge in [-0.1, -0.05) is 11.6 Å². The average Bonchev–Trinajstić information content (AvgIpc) is 2.56. The fourth-order valence-electron chi connectivity index (χ4n) is 1.82. The predicted octanol–water partition coefficient (Wildman–Crippen LogP) is 3.53. The summed E-state index contributed by atoms with van der Waals surface area (Å²) in [6.45, 7) is 1.64. The molecular formula is C17H16ClNO4. The highest BCUT2D eigenvalue weighted by atomic mass is 35.5. The topological polar surface area (TPSA) is 64.6 Å². The molecule has 0 saturated heterocycles. The van der Waals surface area contributed by atoms with Gasteiger partial charge in [0, 0.05) is 10.7 Å². The Kier molecular flexibility index (Phi) is 5.60. The molecule has 0 fully saturated rings. The van der Waals surface area contributed by atoms with Gasteiger partial charge in [0.15, 0.2) is 6.10 Å². The minimum absolute atomic E-state index is 0.288. The van der Waals surface area contributed by atoms with Gasteiger partial charge >= 0.3 is 5.97 Å². The van der Waals surface area contributed by atoms with Crippen molar-refractivity contribution in [3.05, 3.63) is 59.1 Å². The molecule has 2 rings (SSSR count). The molecule has 5 nitrogen and oxygen atoms in total. The van der Waals surface area contributed by atoms with E-state index in [0.29, 0.717) is 22.0 Å². The van der Waals surface area contributed by atoms with Gasteiger partial charge in [-0.3, -0.25) is 4.79 Å². The standard InChI is InChI=1S/C17H16ClNO4/c1-11(16(20)19-14-7-5-13(18)6-8-14)23-15-9-3-12(4-10-15)17(21)22-2/h3-11H,1-2H3,(H,19,20)/t11-/m1/s1. The van der Waals surface area contributed by atoms with Crippen LogP contribution < -0.4 is 10.1 Å². The number of halogens is 1. The van der Waals surface area contributed by atoms with Crippen LogP contribution in [0, 0.1) is 0 Å². The van der Waals surface area contributed by atoms with Crippen LogP contribution in [0.15, 0.2) is 48.5 Å². The maximum absolute atomic E-state index is 12.1. The second kappa shape index (κ2) is 7.65. The molecule has 6 heteroatoms. The third-order valence-corrected chi connectivity index (χ3v) is 3.32. The number of methoxy groups -OCH3 is 1. The first-order valence-electron chi connectivity index (χ1n) is 6.91. The van der Waals surface area contributed by atoms with E-state index in [9.17, 15) is 9.59 Å². The van der Waals surface area contributed by atoms with Gasteiger partial charge in [-0.2, -0.15) is 0 Å². The van der Waals surface area contributed by atoms with Crippen molar-refractivity contribution >= 4 is 29.2 Å². The van der Waals surface area contributed by atoms with Crippen LogP contribution in [0.5, 0.6) is 5.75 Å². The number of amides is 1. The summed E-state index contributed by atoms with van der Waals surface area (Å²) in [6.07, 6.45) is -0.699. The van der Waals surface area contributed by atoms with Gasteiger partial charge in [0.25, 0.3) is 5.91 Å². The Hall–Kier alpha value is -2.53. The predicted molar refractivity (Wildman–Crippen MR) is 88.0 cm³/mol. The summed E-state index contributed by atoms with van der Waals surface area (Å²) in [5.41, 5.74) is 1.05. The van der Waals surface area contributed by atoms with Crippen molar-refractivity contribution in [1.29, 1.82) is 0 Å². The first-order chi connectivity index (χ1) is 11.0. The van der Waals surface area contributed by atoms with E-state index >= 15 is 0 Å². The molecule has 0 heterocycles. The van der Waals surface area contributed by atoms with Crippen molar-refractivity contribution in [2.24, 2.45) is 0 Å². The highest BCUT2D eigenvalue weighted by Crippen LogP contribution is 2.16. The summed E-state index contributed by atoms with van der Waals surface area (Å²) in [5.74, 6) is -0.231. The second-order valence-corrected chi connectivity index (χ2v) is 5.21. The number of hydrogen-bond acceptors (Lipinski definition) is 4. The van der Waals surface area contributed by atoms with Gasteiger partial charge in [-0.05, 0) is 55.5 Å². The Balaban J connectivity index is 1.95. The van der Waals surface area contributed by atoms with E-state index < -0.39 is 12.1 Å². The third-order valence-electron chi connectivity index (χ3n) is 3.07. The van der Waals surface area contributed by atoms with Crippen LogP contribution in [-0.4, -0.2) is 25.1 Å². The largest absolute Gasteiger partial charge is 0.481 e. The zero-order chi connectivity index (χ0) is 16.8. The van der Waals surface area contributed by atoms with Crippen molar-refractivity contribution in [3.63, 3.8) is 0 Å². The lowest BCUT2D eigenvalue weighted by Gasteiger charge is -2.15. The Morgan fingerprint density at radius 2 is 1.65 bits per heavy atom. The van der Waals surface area contributed by atoms with Crippen LogP contribution in [-0.2, 0) is 9.53 Å². The van der Waals surface area contributed by atoms with Crippen molar-refractivity contribution in [1.82, 2.24) is 0 Å². The van der Waals surface area contributed by atoms with Crippen molar-refractivity contribution in [3.8, 4) is 5.75 Å². The molecule has 1 atom stereocenters. The van der Waals surface area contributed by atoms with Crippen LogP contribution in [0.1, 0.15) is 17.3 Å². The van der Waals surface area contributed by atoms with E-state index in [1.165, 1.54) is 7.11 Å². The summed E-state index contributed by atoms with van der Waals surface area (Å²) in [5, 5.41) is 3.33. The van der Waals surface area contributed by atoms with Gasteiger partial charge in [-0.25, -0.2) is 4.79 Å². The quantitative estimate of drug-likeness (QED) is 0.850. The monoisotopic (exact) mass is 333 g/mol. The molecule has 0 spiro atoms. The van der Waals surface area contributed by atoms with Crippen LogP contribution in [0.2, 0.25) is 5.02 Å². The molecule has 1 N–H and O–H groups in total. The van der Waals surface area contributed by atoms with Crippen LogP contribution in [0.25, 0.3) is 0 Å². The van der Waals surface area contributed by atoms with Crippen molar-refractivity contribution in [2.45, 2.75) is 13.0 Å². The highest BCUT2D eigenvalue weighted by molar-refractivity contribution is 6.30. The number of carbonyl (C=O) groups excluding carboxylic acids is 2. The maximum Gasteiger partial charge on any atom is 0.337 e. The maximum atomic E-state index is 12.1. The molecule has 0 aliphatic heterocycles. The van der Waals surface area contributed by atoms with Crippen molar-refractivity contribution in [2.75, 3.05) is 12.4 Å². The number of esters is 1. The minimum Gasteiger partial charge on any atom is -0.481 e. The summed E-state index contributed by atoms with van der Waals surface area (Å²) in [6, 6.07) is 13.2. The molecule has 0 aliphatic rings. The lowest BCUT2D eigenvalue weighted by molar-refractivity contribution is -0.122. The summed E-state index contributed by atoms with van der Waals surface area (Å²) < 4.78 is 10.2. The SMILES string of the molecule is COC(=O)c1ccc(O[C@H](C)C(=O)Nc2ccc(Cl)cc2)cc1. The van der Waals surface area contributed by atoms with Gasteiger partial charge in [-0.15, -0.1) is 0 Å². The molecule has 0 aromatic heterocycles. The number of anilines is 1. The summed E-state index contributed by atoms with van der Waals surface area (Å²) >= 11 is 5.79. The van der Waals surface area contributed by atoms with E-state index in [1.807, 2.05) is 0 Å². The fourth-order valence-corrected chi connectivity index (χ4v) is 1.95. The molecule has 0 aliphatic carbocycles. The van der Waals surface area contributed by atoms with Crippen LogP contribution >= 0.6 is 11.6 Å². The number of rotatable bonds is 5. The highest BCUT2D eigenvalue weighted by Gasteiger charge is 2.15. The molecule has 1 amide bonds. The van der Waals surface area contributed by atoms with E-state index in [1.54, 1.807) is 55.5 Å². The molecule has 2 aromatic carbocycles. The number of nitrogens with one attached hydrogen (secondary N) is 1. The first-order valence-corrected chi connectivity index (χ1v) is 7.29. The number of benzene rings is 2. The Morgan fingerprint density at radius 3 is 2.22 bits per heavy atom. The first kappa shape index (κ1) is 16.8. The molecule has 120 valence electrons. The van der Waals surface area contributed by atoms with Gasteiger partial charge < -0.3 is 14.8 Å². The van der Waals surface area contributed by atoms with E-state index in [4.69, 9.17) is 16.3 Å². The molecular weight excluding hydrogens is 318 g/mol. The minimum atomic E-state index is -0.699. The normalized spacial score (nSPS) is 11.4. The zero-order valence-electron chi connectivity index (χ0n) is 12.7. The number of ether oxygens (including phenoxy) is 2.